The van der Waals surface area contributed by atoms with Crippen LogP contribution in [0.1, 0.15) is 32.3 Å². The van der Waals surface area contributed by atoms with Gasteiger partial charge in [-0.25, -0.2) is 4.39 Å². The fourth-order valence-electron chi connectivity index (χ4n) is 1.81. The summed E-state index contributed by atoms with van der Waals surface area (Å²) in [5.74, 6) is 1.93. The first-order valence-corrected chi connectivity index (χ1v) is 6.77. The van der Waals surface area contributed by atoms with Gasteiger partial charge in [-0.1, -0.05) is 13.8 Å². The molecule has 18 heavy (non-hydrogen) atoms. The van der Waals surface area contributed by atoms with E-state index in [0.717, 1.165) is 24.5 Å². The minimum atomic E-state index is -0.199. The fourth-order valence-corrected chi connectivity index (χ4v) is 1.81. The van der Waals surface area contributed by atoms with Crippen molar-refractivity contribution in [3.8, 4) is 5.75 Å². The highest BCUT2D eigenvalue weighted by Crippen LogP contribution is 2.30. The maximum Gasteiger partial charge on any atom is 0.123 e. The second-order valence-corrected chi connectivity index (χ2v) is 5.53. The Labute approximate surface area is 109 Å². The molecule has 1 aromatic carbocycles. The summed E-state index contributed by atoms with van der Waals surface area (Å²) in [6.45, 7) is 6.67. The van der Waals surface area contributed by atoms with E-state index in [-0.39, 0.29) is 5.82 Å². The van der Waals surface area contributed by atoms with Crippen LogP contribution in [0.5, 0.6) is 5.75 Å². The molecule has 0 aromatic heterocycles. The van der Waals surface area contributed by atoms with Crippen molar-refractivity contribution < 1.29 is 9.13 Å². The first-order chi connectivity index (χ1) is 8.65. The van der Waals surface area contributed by atoms with Crippen LogP contribution in [0.15, 0.2) is 18.2 Å². The van der Waals surface area contributed by atoms with Crippen LogP contribution >= 0.6 is 0 Å². The third kappa shape index (κ3) is 4.30. The molecule has 0 heterocycles. The SMILES string of the molecule is CC(C)CNCc1cc(F)ccc1OCC1CC1. The second kappa shape index (κ2) is 6.19. The molecule has 1 aliphatic carbocycles. The Hall–Kier alpha value is -1.09. The van der Waals surface area contributed by atoms with E-state index in [9.17, 15) is 4.39 Å². The summed E-state index contributed by atoms with van der Waals surface area (Å²) in [6, 6.07) is 4.77. The molecule has 0 bridgehead atoms. The second-order valence-electron chi connectivity index (χ2n) is 5.53. The van der Waals surface area contributed by atoms with Crippen LogP contribution in [0.4, 0.5) is 4.39 Å². The molecule has 2 rings (SSSR count). The van der Waals surface area contributed by atoms with Crippen LogP contribution in [-0.2, 0) is 6.54 Å². The van der Waals surface area contributed by atoms with Gasteiger partial charge in [0.2, 0.25) is 0 Å². The van der Waals surface area contributed by atoms with Gasteiger partial charge in [0, 0.05) is 12.1 Å². The summed E-state index contributed by atoms with van der Waals surface area (Å²) in [5, 5.41) is 3.33. The number of halogens is 1. The van der Waals surface area contributed by atoms with Crippen molar-refractivity contribution in [3.05, 3.63) is 29.6 Å². The van der Waals surface area contributed by atoms with E-state index in [0.29, 0.717) is 18.4 Å². The van der Waals surface area contributed by atoms with Crippen molar-refractivity contribution in [2.75, 3.05) is 13.2 Å². The number of ether oxygens (including phenoxy) is 1. The van der Waals surface area contributed by atoms with Crippen molar-refractivity contribution in [1.29, 1.82) is 0 Å². The monoisotopic (exact) mass is 251 g/mol. The van der Waals surface area contributed by atoms with Gasteiger partial charge in [0.15, 0.2) is 0 Å². The minimum Gasteiger partial charge on any atom is -0.493 e. The van der Waals surface area contributed by atoms with E-state index in [1.165, 1.54) is 18.9 Å². The van der Waals surface area contributed by atoms with E-state index < -0.39 is 0 Å². The standard InChI is InChI=1S/C15H22FNO/c1-11(2)8-17-9-13-7-14(16)5-6-15(13)18-10-12-3-4-12/h5-7,11-12,17H,3-4,8-10H2,1-2H3. The summed E-state index contributed by atoms with van der Waals surface area (Å²) < 4.78 is 19.0. The molecular weight excluding hydrogens is 229 g/mol. The van der Waals surface area contributed by atoms with Gasteiger partial charge in [0.05, 0.1) is 6.61 Å². The first-order valence-electron chi connectivity index (χ1n) is 6.77. The predicted octanol–water partition coefficient (Wildman–Crippen LogP) is 3.36. The van der Waals surface area contributed by atoms with Crippen molar-refractivity contribution in [2.24, 2.45) is 11.8 Å². The lowest BCUT2D eigenvalue weighted by atomic mass is 10.1. The van der Waals surface area contributed by atoms with Crippen LogP contribution in [-0.4, -0.2) is 13.2 Å². The van der Waals surface area contributed by atoms with Gasteiger partial charge in [-0.15, -0.1) is 0 Å². The van der Waals surface area contributed by atoms with Crippen LogP contribution in [0, 0.1) is 17.7 Å². The van der Waals surface area contributed by atoms with Crippen molar-refractivity contribution in [2.45, 2.75) is 33.2 Å². The van der Waals surface area contributed by atoms with E-state index in [1.54, 1.807) is 12.1 Å². The number of hydrogen-bond donors (Lipinski definition) is 1. The minimum absolute atomic E-state index is 0.199. The van der Waals surface area contributed by atoms with Gasteiger partial charge in [-0.3, -0.25) is 0 Å². The van der Waals surface area contributed by atoms with Crippen LogP contribution < -0.4 is 10.1 Å². The number of rotatable bonds is 7. The third-order valence-electron chi connectivity index (χ3n) is 3.06. The Morgan fingerprint density at radius 1 is 1.39 bits per heavy atom. The quantitative estimate of drug-likeness (QED) is 0.802. The normalized spacial score (nSPS) is 15.1. The zero-order valence-corrected chi connectivity index (χ0v) is 11.2. The highest BCUT2D eigenvalue weighted by molar-refractivity contribution is 5.34. The Kier molecular flexibility index (Phi) is 4.59. The molecule has 0 radical (unpaired) electrons. The number of nitrogens with one attached hydrogen (secondary N) is 1. The molecule has 1 saturated carbocycles. The largest absolute Gasteiger partial charge is 0.493 e. The van der Waals surface area contributed by atoms with Gasteiger partial charge in [0.25, 0.3) is 0 Å². The molecule has 3 heteroatoms. The molecule has 1 N–H and O–H groups in total. The van der Waals surface area contributed by atoms with Crippen LogP contribution in [0.2, 0.25) is 0 Å². The Morgan fingerprint density at radius 2 is 2.17 bits per heavy atom. The Bertz CT molecular complexity index is 388. The molecule has 0 atom stereocenters. The molecule has 1 aliphatic rings. The molecule has 100 valence electrons. The maximum atomic E-state index is 13.3. The lowest BCUT2D eigenvalue weighted by Gasteiger charge is -2.13. The summed E-state index contributed by atoms with van der Waals surface area (Å²) in [6.07, 6.45) is 2.53. The van der Waals surface area contributed by atoms with E-state index in [4.69, 9.17) is 4.74 Å². The summed E-state index contributed by atoms with van der Waals surface area (Å²) in [7, 11) is 0. The molecule has 0 spiro atoms. The lowest BCUT2D eigenvalue weighted by molar-refractivity contribution is 0.295. The van der Waals surface area contributed by atoms with Gasteiger partial charge in [-0.2, -0.15) is 0 Å². The van der Waals surface area contributed by atoms with Gasteiger partial charge in [-0.05, 0) is 49.4 Å². The van der Waals surface area contributed by atoms with Crippen LogP contribution in [0.3, 0.4) is 0 Å². The highest BCUT2D eigenvalue weighted by atomic mass is 19.1. The Balaban J connectivity index is 1.93. The molecule has 1 aromatic rings. The van der Waals surface area contributed by atoms with Crippen molar-refractivity contribution in [1.82, 2.24) is 5.32 Å². The average molecular weight is 251 g/mol. The third-order valence-corrected chi connectivity index (χ3v) is 3.06. The molecule has 0 amide bonds. The predicted molar refractivity (Wildman–Crippen MR) is 71.2 cm³/mol. The zero-order chi connectivity index (χ0) is 13.0. The van der Waals surface area contributed by atoms with E-state index in [1.807, 2.05) is 0 Å². The molecule has 2 nitrogen and oxygen atoms in total. The average Bonchev–Trinajstić information content (AvgIpc) is 3.11. The summed E-state index contributed by atoms with van der Waals surface area (Å²) >= 11 is 0. The smallest absolute Gasteiger partial charge is 0.123 e. The highest BCUT2D eigenvalue weighted by Gasteiger charge is 2.22. The van der Waals surface area contributed by atoms with Crippen molar-refractivity contribution >= 4 is 0 Å². The summed E-state index contributed by atoms with van der Waals surface area (Å²) in [4.78, 5) is 0. The van der Waals surface area contributed by atoms with Gasteiger partial charge < -0.3 is 10.1 Å². The molecule has 1 fully saturated rings. The van der Waals surface area contributed by atoms with Crippen LogP contribution in [0.25, 0.3) is 0 Å². The molecule has 0 aliphatic heterocycles. The lowest BCUT2D eigenvalue weighted by Crippen LogP contribution is -2.19. The molecule has 0 unspecified atom stereocenters. The topological polar surface area (TPSA) is 21.3 Å². The van der Waals surface area contributed by atoms with E-state index >= 15 is 0 Å². The number of benzene rings is 1. The Morgan fingerprint density at radius 3 is 2.83 bits per heavy atom. The zero-order valence-electron chi connectivity index (χ0n) is 11.2. The molecular formula is C15H22FNO. The van der Waals surface area contributed by atoms with Crippen molar-refractivity contribution in [3.63, 3.8) is 0 Å². The maximum absolute atomic E-state index is 13.3. The van der Waals surface area contributed by atoms with Gasteiger partial charge >= 0.3 is 0 Å². The van der Waals surface area contributed by atoms with E-state index in [2.05, 4.69) is 19.2 Å². The first kappa shape index (κ1) is 13.3. The molecule has 0 saturated heterocycles. The number of hydrogen-bond acceptors (Lipinski definition) is 2. The summed E-state index contributed by atoms with van der Waals surface area (Å²) in [5.41, 5.74) is 0.913. The fraction of sp³-hybridized carbons (Fsp3) is 0.600. The van der Waals surface area contributed by atoms with Gasteiger partial charge in [0.1, 0.15) is 11.6 Å².